The van der Waals surface area contributed by atoms with Crippen LogP contribution in [-0.2, 0) is 5.41 Å². The maximum absolute atomic E-state index is 5.25. The molecule has 1 aliphatic rings. The van der Waals surface area contributed by atoms with Crippen LogP contribution in [0.1, 0.15) is 22.3 Å². The lowest BCUT2D eigenvalue weighted by Gasteiger charge is -2.34. The average Bonchev–Trinajstić information content (AvgIpc) is 3.58. The normalized spacial score (nSPS) is 12.5. The quantitative estimate of drug-likeness (QED) is 0.166. The molecule has 0 spiro atoms. The zero-order valence-electron chi connectivity index (χ0n) is 29.9. The largest absolute Gasteiger partial charge is 0.265 e. The molecule has 9 aromatic rings. The van der Waals surface area contributed by atoms with Crippen LogP contribution in [0.2, 0.25) is 0 Å². The Labute approximate surface area is 320 Å². The number of hydrogen-bond acceptors (Lipinski definition) is 4. The SMILES string of the molecule is c1ccc(C2(c3ccccc3)c3ccccc3-c3ccc(-c4cccc(-c5cccc(-c6cc(-c7ccncc7)nc(-c7ccncc7)c6)n5)c4)cc32)cc1. The number of nitrogens with zero attached hydrogens (tertiary/aromatic N) is 4. The molecule has 0 N–H and O–H groups in total. The third-order valence-corrected chi connectivity index (χ3v) is 10.8. The van der Waals surface area contributed by atoms with E-state index in [9.17, 15) is 0 Å². The van der Waals surface area contributed by atoms with Gasteiger partial charge in [-0.1, -0.05) is 121 Å². The molecular weight excluding hydrogens is 669 g/mol. The van der Waals surface area contributed by atoms with Gasteiger partial charge in [0.25, 0.3) is 0 Å². The number of benzene rings is 5. The third kappa shape index (κ3) is 5.63. The van der Waals surface area contributed by atoms with Crippen LogP contribution in [0.15, 0.2) is 207 Å². The average molecular weight is 703 g/mol. The van der Waals surface area contributed by atoms with E-state index in [4.69, 9.17) is 9.97 Å². The second-order valence-electron chi connectivity index (χ2n) is 13.9. The fourth-order valence-corrected chi connectivity index (χ4v) is 8.26. The van der Waals surface area contributed by atoms with Gasteiger partial charge in [-0.3, -0.25) is 9.97 Å². The lowest BCUT2D eigenvalue weighted by atomic mass is 9.67. The number of pyridine rings is 4. The Morgan fingerprint density at radius 3 is 1.45 bits per heavy atom. The van der Waals surface area contributed by atoms with Gasteiger partial charge < -0.3 is 0 Å². The van der Waals surface area contributed by atoms with E-state index >= 15 is 0 Å². The first-order chi connectivity index (χ1) is 27.3. The van der Waals surface area contributed by atoms with E-state index in [0.717, 1.165) is 50.6 Å². The molecule has 4 heterocycles. The Bertz CT molecular complexity index is 2700. The van der Waals surface area contributed by atoms with Crippen molar-refractivity contribution in [3.63, 3.8) is 0 Å². The molecule has 0 bridgehead atoms. The second-order valence-corrected chi connectivity index (χ2v) is 13.9. The van der Waals surface area contributed by atoms with Crippen molar-refractivity contribution in [2.75, 3.05) is 0 Å². The lowest BCUT2D eigenvalue weighted by Crippen LogP contribution is -2.28. The third-order valence-electron chi connectivity index (χ3n) is 10.8. The molecule has 0 amide bonds. The number of rotatable bonds is 7. The van der Waals surface area contributed by atoms with Crippen molar-refractivity contribution in [1.29, 1.82) is 0 Å². The summed E-state index contributed by atoms with van der Waals surface area (Å²) in [6, 6.07) is 64.9. The first-order valence-electron chi connectivity index (χ1n) is 18.5. The minimum Gasteiger partial charge on any atom is -0.265 e. The van der Waals surface area contributed by atoms with Crippen molar-refractivity contribution in [3.05, 3.63) is 229 Å². The molecule has 4 heteroatoms. The fraction of sp³-hybridized carbons (Fsp3) is 0.0196. The molecule has 0 aliphatic heterocycles. The highest BCUT2D eigenvalue weighted by molar-refractivity contribution is 5.89. The maximum Gasteiger partial charge on any atom is 0.0717 e. The minimum absolute atomic E-state index is 0.452. The Balaban J connectivity index is 1.08. The van der Waals surface area contributed by atoms with Gasteiger partial charge >= 0.3 is 0 Å². The summed E-state index contributed by atoms with van der Waals surface area (Å²) in [6.07, 6.45) is 7.19. The van der Waals surface area contributed by atoms with Crippen molar-refractivity contribution < 1.29 is 0 Å². The van der Waals surface area contributed by atoms with Crippen LogP contribution in [0.4, 0.5) is 0 Å². The van der Waals surface area contributed by atoms with Crippen molar-refractivity contribution in [2.24, 2.45) is 0 Å². The van der Waals surface area contributed by atoms with Crippen molar-refractivity contribution in [2.45, 2.75) is 5.41 Å². The molecule has 55 heavy (non-hydrogen) atoms. The first kappa shape index (κ1) is 32.4. The van der Waals surface area contributed by atoms with Gasteiger partial charge in [0.15, 0.2) is 0 Å². The van der Waals surface area contributed by atoms with Crippen LogP contribution in [0.5, 0.6) is 0 Å². The Morgan fingerprint density at radius 1 is 0.291 bits per heavy atom. The van der Waals surface area contributed by atoms with E-state index in [-0.39, 0.29) is 0 Å². The molecule has 0 atom stereocenters. The molecule has 258 valence electrons. The van der Waals surface area contributed by atoms with Crippen LogP contribution < -0.4 is 0 Å². The second kappa shape index (κ2) is 13.6. The van der Waals surface area contributed by atoms with E-state index in [0.29, 0.717) is 0 Å². The molecule has 0 saturated carbocycles. The zero-order chi connectivity index (χ0) is 36.6. The Morgan fingerprint density at radius 2 is 0.800 bits per heavy atom. The van der Waals surface area contributed by atoms with Crippen LogP contribution >= 0.6 is 0 Å². The lowest BCUT2D eigenvalue weighted by molar-refractivity contribution is 0.769. The highest BCUT2D eigenvalue weighted by Gasteiger charge is 2.46. The highest BCUT2D eigenvalue weighted by Crippen LogP contribution is 2.56. The molecular formula is C51H34N4. The molecule has 4 nitrogen and oxygen atoms in total. The van der Waals surface area contributed by atoms with E-state index in [1.54, 1.807) is 24.8 Å². The molecule has 0 radical (unpaired) electrons. The van der Waals surface area contributed by atoms with Gasteiger partial charge in [-0.05, 0) is 105 Å². The standard InChI is InChI=1S/C51H34N4/c1-3-13-41(14-4-1)51(42-15-5-2-6-16-42)45-18-8-7-17-43(45)44-22-21-38(32-46(44)51)37-11-9-12-39(31-37)47-19-10-20-48(54-47)40-33-49(35-23-27-52-28-24-35)55-50(34-40)36-25-29-53-30-26-36/h1-34H. The topological polar surface area (TPSA) is 51.6 Å². The van der Waals surface area contributed by atoms with Gasteiger partial charge in [0.2, 0.25) is 0 Å². The summed E-state index contributed by atoms with van der Waals surface area (Å²) in [7, 11) is 0. The van der Waals surface area contributed by atoms with E-state index in [1.165, 1.54) is 38.9 Å². The van der Waals surface area contributed by atoms with E-state index in [1.807, 2.05) is 24.3 Å². The highest BCUT2D eigenvalue weighted by atomic mass is 14.7. The van der Waals surface area contributed by atoms with Crippen molar-refractivity contribution in [3.8, 4) is 67.3 Å². The molecule has 0 unspecified atom stereocenters. The summed E-state index contributed by atoms with van der Waals surface area (Å²) in [5.74, 6) is 0. The number of hydrogen-bond donors (Lipinski definition) is 0. The number of aromatic nitrogens is 4. The van der Waals surface area contributed by atoms with E-state index in [2.05, 4.69) is 168 Å². The summed E-state index contributed by atoms with van der Waals surface area (Å²) < 4.78 is 0. The Kier molecular flexibility index (Phi) is 8.00. The van der Waals surface area contributed by atoms with Crippen LogP contribution in [0, 0.1) is 0 Å². The van der Waals surface area contributed by atoms with Gasteiger partial charge in [-0.2, -0.15) is 0 Å². The monoisotopic (exact) mass is 702 g/mol. The summed E-state index contributed by atoms with van der Waals surface area (Å²) in [4.78, 5) is 18.7. The zero-order valence-corrected chi connectivity index (χ0v) is 29.9. The van der Waals surface area contributed by atoms with Crippen molar-refractivity contribution in [1.82, 2.24) is 19.9 Å². The minimum atomic E-state index is -0.452. The van der Waals surface area contributed by atoms with Crippen LogP contribution in [0.3, 0.4) is 0 Å². The molecule has 4 aromatic heterocycles. The van der Waals surface area contributed by atoms with Crippen molar-refractivity contribution >= 4 is 0 Å². The van der Waals surface area contributed by atoms with Gasteiger partial charge in [0.05, 0.1) is 28.2 Å². The Hall–Kier alpha value is -7.30. The van der Waals surface area contributed by atoms with Gasteiger partial charge in [0.1, 0.15) is 0 Å². The van der Waals surface area contributed by atoms with Gasteiger partial charge in [0, 0.05) is 47.0 Å². The van der Waals surface area contributed by atoms with Gasteiger partial charge in [-0.25, -0.2) is 9.97 Å². The van der Waals surface area contributed by atoms with Crippen LogP contribution in [-0.4, -0.2) is 19.9 Å². The molecule has 0 saturated heterocycles. The fourth-order valence-electron chi connectivity index (χ4n) is 8.26. The van der Waals surface area contributed by atoms with Crippen LogP contribution in [0.25, 0.3) is 67.3 Å². The molecule has 10 rings (SSSR count). The number of fused-ring (bicyclic) bond motifs is 3. The maximum atomic E-state index is 5.25. The summed E-state index contributed by atoms with van der Waals surface area (Å²) in [5.41, 5.74) is 17.1. The molecule has 5 aromatic carbocycles. The molecule has 0 fully saturated rings. The van der Waals surface area contributed by atoms with Gasteiger partial charge in [-0.15, -0.1) is 0 Å². The first-order valence-corrected chi connectivity index (χ1v) is 18.5. The predicted molar refractivity (Wildman–Crippen MR) is 222 cm³/mol. The summed E-state index contributed by atoms with van der Waals surface area (Å²) in [5, 5.41) is 0. The smallest absolute Gasteiger partial charge is 0.0717 e. The predicted octanol–water partition coefficient (Wildman–Crippen LogP) is 12.0. The summed E-state index contributed by atoms with van der Waals surface area (Å²) >= 11 is 0. The van der Waals surface area contributed by atoms with E-state index < -0.39 is 5.41 Å². The summed E-state index contributed by atoms with van der Waals surface area (Å²) in [6.45, 7) is 0. The molecule has 1 aliphatic carbocycles.